The van der Waals surface area contributed by atoms with Crippen LogP contribution in [0.5, 0.6) is 0 Å². The molecule has 2 aromatic rings. The summed E-state index contributed by atoms with van der Waals surface area (Å²) >= 11 is 0. The molecule has 0 aliphatic carbocycles. The van der Waals surface area contributed by atoms with E-state index in [0.717, 1.165) is 0 Å². The average molecular weight is 460 g/mol. The van der Waals surface area contributed by atoms with Gasteiger partial charge in [0.1, 0.15) is 18.1 Å². The third-order valence-corrected chi connectivity index (χ3v) is 4.74. The van der Waals surface area contributed by atoms with E-state index in [1.54, 1.807) is 30.3 Å². The summed E-state index contributed by atoms with van der Waals surface area (Å²) in [5.74, 6) is -3.50. The number of carboxylic acids is 1. The van der Waals surface area contributed by atoms with Crippen LogP contribution in [-0.4, -0.2) is 74.6 Å². The van der Waals surface area contributed by atoms with Crippen molar-refractivity contribution in [2.75, 3.05) is 6.61 Å². The normalized spacial score (nSPS) is 14.4. The van der Waals surface area contributed by atoms with Crippen molar-refractivity contribution in [3.05, 3.63) is 54.1 Å². The van der Waals surface area contributed by atoms with Crippen molar-refractivity contribution in [1.29, 1.82) is 0 Å². The highest BCUT2D eigenvalue weighted by Crippen LogP contribution is 2.05. The van der Waals surface area contributed by atoms with E-state index < -0.39 is 54.5 Å². The molecule has 2 rings (SSSR count). The highest BCUT2D eigenvalue weighted by molar-refractivity contribution is 5.94. The van der Waals surface area contributed by atoms with E-state index in [1.165, 1.54) is 19.4 Å². The maximum atomic E-state index is 12.8. The Labute approximate surface area is 190 Å². The molecule has 0 bridgehead atoms. The number of nitrogens with one attached hydrogen (secondary N) is 4. The fourth-order valence-electron chi connectivity index (χ4n) is 2.92. The van der Waals surface area contributed by atoms with Crippen LogP contribution in [0.3, 0.4) is 0 Å². The number of carboxylic acid groups (broad SMARTS) is 1. The van der Waals surface area contributed by atoms with Crippen molar-refractivity contribution in [2.45, 2.75) is 43.9 Å². The second kappa shape index (κ2) is 12.3. The number of H-pyrrole nitrogens is 1. The molecular formula is C21H28N6O6. The number of nitrogens with zero attached hydrogens (tertiary/aromatic N) is 1. The summed E-state index contributed by atoms with van der Waals surface area (Å²) in [6.07, 6.45) is 2.91. The van der Waals surface area contributed by atoms with Gasteiger partial charge in [-0.1, -0.05) is 30.3 Å². The molecule has 0 aliphatic heterocycles. The minimum Gasteiger partial charge on any atom is -0.480 e. The van der Waals surface area contributed by atoms with Crippen molar-refractivity contribution in [3.63, 3.8) is 0 Å². The summed E-state index contributed by atoms with van der Waals surface area (Å²) in [7, 11) is 0. The molecule has 0 fully saturated rings. The van der Waals surface area contributed by atoms with Gasteiger partial charge in [-0.05, 0) is 12.5 Å². The Morgan fingerprint density at radius 3 is 2.12 bits per heavy atom. The first-order chi connectivity index (χ1) is 15.7. The van der Waals surface area contributed by atoms with Crippen LogP contribution in [0.25, 0.3) is 0 Å². The lowest BCUT2D eigenvalue weighted by Gasteiger charge is -2.23. The number of hydrogen-bond acceptors (Lipinski definition) is 7. The third-order valence-electron chi connectivity index (χ3n) is 4.74. The molecule has 0 spiro atoms. The SMILES string of the molecule is CC(N)C(=O)NC(Cc1cnc[nH]1)C(=O)NC(CO)C(=O)NC(Cc1ccccc1)C(=O)O. The number of rotatable bonds is 12. The first-order valence-corrected chi connectivity index (χ1v) is 10.2. The van der Waals surface area contributed by atoms with Crippen LogP contribution < -0.4 is 21.7 Å². The van der Waals surface area contributed by atoms with Gasteiger partial charge in [-0.3, -0.25) is 14.4 Å². The molecule has 12 heteroatoms. The standard InChI is InChI=1S/C21H28N6O6/c1-12(22)18(29)25-15(8-14-9-23-11-24-14)19(30)27-17(10-28)20(31)26-16(21(32)33)7-13-5-3-2-4-6-13/h2-6,9,11-12,15-17,28H,7-8,10,22H2,1H3,(H,23,24)(H,25,29)(H,26,31)(H,27,30)(H,32,33). The number of aliphatic carboxylic acids is 1. The molecule has 0 saturated heterocycles. The van der Waals surface area contributed by atoms with Gasteiger partial charge in [-0.15, -0.1) is 0 Å². The highest BCUT2D eigenvalue weighted by Gasteiger charge is 2.30. The molecule has 4 unspecified atom stereocenters. The zero-order valence-corrected chi connectivity index (χ0v) is 18.0. The Morgan fingerprint density at radius 1 is 0.970 bits per heavy atom. The largest absolute Gasteiger partial charge is 0.480 e. The Morgan fingerprint density at radius 2 is 1.58 bits per heavy atom. The number of hydrogen-bond donors (Lipinski definition) is 7. The van der Waals surface area contributed by atoms with E-state index in [-0.39, 0.29) is 12.8 Å². The summed E-state index contributed by atoms with van der Waals surface area (Å²) < 4.78 is 0. The van der Waals surface area contributed by atoms with Crippen molar-refractivity contribution in [1.82, 2.24) is 25.9 Å². The smallest absolute Gasteiger partial charge is 0.326 e. The zero-order chi connectivity index (χ0) is 24.4. The Balaban J connectivity index is 2.07. The van der Waals surface area contributed by atoms with Crippen molar-refractivity contribution in [3.8, 4) is 0 Å². The van der Waals surface area contributed by atoms with Crippen LogP contribution in [0.1, 0.15) is 18.2 Å². The second-order valence-electron chi connectivity index (χ2n) is 7.46. The number of carbonyl (C=O) groups excluding carboxylic acids is 3. The number of carbonyl (C=O) groups is 4. The molecule has 1 heterocycles. The van der Waals surface area contributed by atoms with Crippen LogP contribution in [-0.2, 0) is 32.0 Å². The van der Waals surface area contributed by atoms with Crippen LogP contribution in [0.2, 0.25) is 0 Å². The number of aliphatic hydroxyl groups is 1. The lowest BCUT2D eigenvalue weighted by atomic mass is 10.1. The highest BCUT2D eigenvalue weighted by atomic mass is 16.4. The number of aromatic nitrogens is 2. The first-order valence-electron chi connectivity index (χ1n) is 10.2. The first kappa shape index (κ1) is 25.5. The molecule has 0 aliphatic rings. The van der Waals surface area contributed by atoms with Gasteiger partial charge in [0.05, 0.1) is 19.0 Å². The molecule has 4 atom stereocenters. The van der Waals surface area contributed by atoms with Crippen LogP contribution in [0, 0.1) is 0 Å². The Hall–Kier alpha value is -3.77. The fourth-order valence-corrected chi connectivity index (χ4v) is 2.92. The van der Waals surface area contributed by atoms with E-state index in [4.69, 9.17) is 5.73 Å². The fraction of sp³-hybridized carbons (Fsp3) is 0.381. The Kier molecular flexibility index (Phi) is 9.51. The molecule has 178 valence electrons. The van der Waals surface area contributed by atoms with Crippen LogP contribution in [0.15, 0.2) is 42.9 Å². The quantitative estimate of drug-likeness (QED) is 0.190. The minimum absolute atomic E-state index is 0.0148. The molecule has 33 heavy (non-hydrogen) atoms. The zero-order valence-electron chi connectivity index (χ0n) is 18.0. The maximum absolute atomic E-state index is 12.8. The topological polar surface area (TPSA) is 200 Å². The van der Waals surface area contributed by atoms with Gasteiger partial charge < -0.3 is 36.9 Å². The van der Waals surface area contributed by atoms with Gasteiger partial charge in [-0.25, -0.2) is 9.78 Å². The number of imidazole rings is 1. The average Bonchev–Trinajstić information content (AvgIpc) is 3.29. The lowest BCUT2D eigenvalue weighted by Crippen LogP contribution is -2.58. The summed E-state index contributed by atoms with van der Waals surface area (Å²) in [5.41, 5.74) is 6.78. The third kappa shape index (κ3) is 8.01. The van der Waals surface area contributed by atoms with E-state index in [9.17, 15) is 29.4 Å². The predicted octanol–water partition coefficient (Wildman–Crippen LogP) is -1.93. The molecular weight excluding hydrogens is 432 g/mol. The lowest BCUT2D eigenvalue weighted by molar-refractivity contribution is -0.142. The monoisotopic (exact) mass is 460 g/mol. The summed E-state index contributed by atoms with van der Waals surface area (Å²) in [6.45, 7) is 0.663. The van der Waals surface area contributed by atoms with E-state index in [2.05, 4.69) is 25.9 Å². The Bertz CT molecular complexity index is 934. The molecule has 12 nitrogen and oxygen atoms in total. The van der Waals surface area contributed by atoms with Crippen LogP contribution in [0.4, 0.5) is 0 Å². The number of amides is 3. The van der Waals surface area contributed by atoms with Gasteiger partial charge >= 0.3 is 5.97 Å². The van der Waals surface area contributed by atoms with E-state index in [1.807, 2.05) is 0 Å². The van der Waals surface area contributed by atoms with Gasteiger partial charge in [0.2, 0.25) is 17.7 Å². The number of benzene rings is 1. The summed E-state index contributed by atoms with van der Waals surface area (Å²) in [4.78, 5) is 55.7. The number of aromatic amines is 1. The summed E-state index contributed by atoms with van der Waals surface area (Å²) in [6, 6.07) is 3.98. The van der Waals surface area contributed by atoms with E-state index >= 15 is 0 Å². The molecule has 8 N–H and O–H groups in total. The van der Waals surface area contributed by atoms with Crippen molar-refractivity contribution >= 4 is 23.7 Å². The molecule has 1 aromatic carbocycles. The second-order valence-corrected chi connectivity index (χ2v) is 7.46. The van der Waals surface area contributed by atoms with Gasteiger partial charge in [0, 0.05) is 24.7 Å². The minimum atomic E-state index is -1.44. The van der Waals surface area contributed by atoms with Crippen molar-refractivity contribution in [2.24, 2.45) is 5.73 Å². The van der Waals surface area contributed by atoms with Gasteiger partial charge in [-0.2, -0.15) is 0 Å². The number of nitrogens with two attached hydrogens (primary N) is 1. The van der Waals surface area contributed by atoms with Gasteiger partial charge in [0.15, 0.2) is 0 Å². The maximum Gasteiger partial charge on any atom is 0.326 e. The molecule has 3 amide bonds. The number of aliphatic hydroxyl groups excluding tert-OH is 1. The van der Waals surface area contributed by atoms with Crippen molar-refractivity contribution < 1.29 is 29.4 Å². The summed E-state index contributed by atoms with van der Waals surface area (Å²) in [5, 5.41) is 26.3. The van der Waals surface area contributed by atoms with Gasteiger partial charge in [0.25, 0.3) is 0 Å². The molecule has 0 radical (unpaired) electrons. The molecule has 1 aromatic heterocycles. The molecule has 0 saturated carbocycles. The van der Waals surface area contributed by atoms with Crippen LogP contribution >= 0.6 is 0 Å². The predicted molar refractivity (Wildman–Crippen MR) is 117 cm³/mol. The van der Waals surface area contributed by atoms with E-state index in [0.29, 0.717) is 11.3 Å².